The van der Waals surface area contributed by atoms with Crippen LogP contribution >= 0.6 is 0 Å². The fourth-order valence-corrected chi connectivity index (χ4v) is 2.44. The highest BCUT2D eigenvalue weighted by atomic mass is 16.1. The Balaban J connectivity index is 1.46. The molecule has 0 atom stereocenters. The Hall–Kier alpha value is -3.74. The molecule has 0 radical (unpaired) electrons. The number of hydrogen-bond donors (Lipinski definition) is 1. The molecule has 4 aromatic rings. The molecule has 1 amide bonds. The summed E-state index contributed by atoms with van der Waals surface area (Å²) in [7, 11) is 0. The van der Waals surface area contributed by atoms with Gasteiger partial charge in [0.2, 0.25) is 5.91 Å². The van der Waals surface area contributed by atoms with E-state index in [1.54, 1.807) is 47.6 Å². The molecule has 7 heteroatoms. The normalized spacial score (nSPS) is 11.2. The fraction of sp³-hybridized carbons (Fsp3) is 0. The van der Waals surface area contributed by atoms with Crippen molar-refractivity contribution in [1.82, 2.24) is 24.1 Å². The molecule has 25 heavy (non-hydrogen) atoms. The first-order valence-corrected chi connectivity index (χ1v) is 7.66. The van der Waals surface area contributed by atoms with Crippen LogP contribution in [0.25, 0.3) is 17.4 Å². The molecule has 1 aromatic carbocycles. The molecule has 0 fully saturated rings. The van der Waals surface area contributed by atoms with Crippen LogP contribution in [0.4, 0.5) is 5.82 Å². The summed E-state index contributed by atoms with van der Waals surface area (Å²) < 4.78 is 3.49. The third-order valence-electron chi connectivity index (χ3n) is 3.66. The second kappa shape index (κ2) is 6.40. The Labute approximate surface area is 143 Å². The molecular weight excluding hydrogens is 316 g/mol. The number of carbonyl (C=O) groups excluding carboxylic acids is 1. The summed E-state index contributed by atoms with van der Waals surface area (Å²) >= 11 is 0. The largest absolute Gasteiger partial charge is 0.307 e. The Morgan fingerprint density at radius 3 is 2.72 bits per heavy atom. The molecule has 0 spiro atoms. The topological polar surface area (TPSA) is 77.1 Å². The van der Waals surface area contributed by atoms with Crippen molar-refractivity contribution in [2.75, 3.05) is 5.32 Å². The molecule has 3 heterocycles. The highest BCUT2D eigenvalue weighted by Gasteiger charge is 2.04. The lowest BCUT2D eigenvalue weighted by molar-refractivity contribution is -0.111. The van der Waals surface area contributed by atoms with Gasteiger partial charge in [0, 0.05) is 36.4 Å². The van der Waals surface area contributed by atoms with Crippen LogP contribution in [0.3, 0.4) is 0 Å². The maximum Gasteiger partial charge on any atom is 0.249 e. The first kappa shape index (κ1) is 14.8. The molecule has 7 nitrogen and oxygen atoms in total. The van der Waals surface area contributed by atoms with Crippen LogP contribution in [0, 0.1) is 0 Å². The van der Waals surface area contributed by atoms with E-state index in [2.05, 4.69) is 20.4 Å². The molecule has 3 aromatic heterocycles. The van der Waals surface area contributed by atoms with Gasteiger partial charge in [-0.2, -0.15) is 9.61 Å². The molecule has 1 N–H and O–H groups in total. The van der Waals surface area contributed by atoms with Gasteiger partial charge in [-0.05, 0) is 29.8 Å². The van der Waals surface area contributed by atoms with Crippen molar-refractivity contribution in [3.63, 3.8) is 0 Å². The quantitative estimate of drug-likeness (QED) is 0.583. The summed E-state index contributed by atoms with van der Waals surface area (Å²) in [5.41, 5.74) is 2.62. The van der Waals surface area contributed by atoms with Gasteiger partial charge in [-0.3, -0.25) is 4.79 Å². The van der Waals surface area contributed by atoms with Crippen molar-refractivity contribution in [3.8, 4) is 5.69 Å². The molecule has 4 rings (SSSR count). The van der Waals surface area contributed by atoms with Crippen LogP contribution < -0.4 is 5.32 Å². The number of nitrogens with zero attached hydrogens (tertiary/aromatic N) is 5. The third kappa shape index (κ3) is 3.16. The molecular formula is C18H14N6O. The van der Waals surface area contributed by atoms with E-state index in [9.17, 15) is 4.79 Å². The third-order valence-corrected chi connectivity index (χ3v) is 3.66. The van der Waals surface area contributed by atoms with Gasteiger partial charge in [0.15, 0.2) is 5.65 Å². The van der Waals surface area contributed by atoms with Gasteiger partial charge in [-0.15, -0.1) is 0 Å². The summed E-state index contributed by atoms with van der Waals surface area (Å²) in [4.78, 5) is 20.3. The van der Waals surface area contributed by atoms with Crippen molar-refractivity contribution in [3.05, 3.63) is 79.2 Å². The first-order chi connectivity index (χ1) is 12.3. The molecule has 0 aliphatic heterocycles. The van der Waals surface area contributed by atoms with Gasteiger partial charge in [-0.25, -0.2) is 9.97 Å². The maximum absolute atomic E-state index is 12.1. The number of fused-ring (bicyclic) bond motifs is 1. The van der Waals surface area contributed by atoms with Crippen molar-refractivity contribution < 1.29 is 4.79 Å². The molecule has 0 aliphatic rings. The number of anilines is 1. The lowest BCUT2D eigenvalue weighted by Crippen LogP contribution is -2.11. The average Bonchev–Trinajstić information content (AvgIpc) is 3.32. The Morgan fingerprint density at radius 1 is 1.04 bits per heavy atom. The number of benzene rings is 1. The highest BCUT2D eigenvalue weighted by molar-refractivity contribution is 6.01. The minimum absolute atomic E-state index is 0.235. The first-order valence-electron chi connectivity index (χ1n) is 7.66. The number of aromatic nitrogens is 5. The van der Waals surface area contributed by atoms with E-state index in [0.29, 0.717) is 11.5 Å². The SMILES string of the molecule is O=C(/C=C/c1ccc(-n2ccnc2)cc1)Nc1ccnc2ccnn12. The molecule has 0 unspecified atom stereocenters. The van der Waals surface area contributed by atoms with Gasteiger partial charge >= 0.3 is 0 Å². The number of carbonyl (C=O) groups is 1. The van der Waals surface area contributed by atoms with Gasteiger partial charge in [-0.1, -0.05) is 12.1 Å². The molecule has 0 aliphatic carbocycles. The summed E-state index contributed by atoms with van der Waals surface area (Å²) in [6.07, 6.45) is 11.9. The summed E-state index contributed by atoms with van der Waals surface area (Å²) in [6, 6.07) is 11.3. The van der Waals surface area contributed by atoms with E-state index in [1.165, 1.54) is 6.08 Å². The van der Waals surface area contributed by atoms with Crippen LogP contribution in [0.15, 0.2) is 73.6 Å². The minimum Gasteiger partial charge on any atom is -0.307 e. The zero-order valence-electron chi connectivity index (χ0n) is 13.1. The van der Waals surface area contributed by atoms with Crippen molar-refractivity contribution in [2.24, 2.45) is 0 Å². The van der Waals surface area contributed by atoms with Crippen LogP contribution in [0.5, 0.6) is 0 Å². The molecule has 0 saturated heterocycles. The lowest BCUT2D eigenvalue weighted by atomic mass is 10.2. The van der Waals surface area contributed by atoms with Crippen molar-refractivity contribution in [2.45, 2.75) is 0 Å². The van der Waals surface area contributed by atoms with Crippen LogP contribution in [0.1, 0.15) is 5.56 Å². The monoisotopic (exact) mass is 330 g/mol. The summed E-state index contributed by atoms with van der Waals surface area (Å²) in [5, 5.41) is 6.93. The smallest absolute Gasteiger partial charge is 0.249 e. The second-order valence-corrected chi connectivity index (χ2v) is 5.32. The fourth-order valence-electron chi connectivity index (χ4n) is 2.44. The van der Waals surface area contributed by atoms with Crippen molar-refractivity contribution >= 4 is 23.4 Å². The van der Waals surface area contributed by atoms with Gasteiger partial charge in [0.25, 0.3) is 0 Å². The predicted molar refractivity (Wildman–Crippen MR) is 94.2 cm³/mol. The number of rotatable bonds is 4. The Morgan fingerprint density at radius 2 is 1.92 bits per heavy atom. The number of nitrogens with one attached hydrogen (secondary N) is 1. The molecule has 0 bridgehead atoms. The van der Waals surface area contributed by atoms with E-state index in [4.69, 9.17) is 0 Å². The van der Waals surface area contributed by atoms with Crippen LogP contribution in [0.2, 0.25) is 0 Å². The zero-order valence-corrected chi connectivity index (χ0v) is 13.1. The number of amides is 1. The van der Waals surface area contributed by atoms with Gasteiger partial charge in [0.1, 0.15) is 5.82 Å². The van der Waals surface area contributed by atoms with E-state index >= 15 is 0 Å². The van der Waals surface area contributed by atoms with Crippen LogP contribution in [-0.4, -0.2) is 30.1 Å². The summed E-state index contributed by atoms with van der Waals surface area (Å²) in [6.45, 7) is 0. The minimum atomic E-state index is -0.235. The maximum atomic E-state index is 12.1. The Kier molecular flexibility index (Phi) is 3.80. The lowest BCUT2D eigenvalue weighted by Gasteiger charge is -2.04. The van der Waals surface area contributed by atoms with E-state index in [1.807, 2.05) is 35.0 Å². The highest BCUT2D eigenvalue weighted by Crippen LogP contribution is 2.11. The summed E-state index contributed by atoms with van der Waals surface area (Å²) in [5.74, 6) is 0.335. The number of imidazole rings is 1. The van der Waals surface area contributed by atoms with Gasteiger partial charge in [0.05, 0.1) is 12.5 Å². The standard InChI is InChI=1S/C18H14N6O/c25-18(22-17-7-9-20-16-8-10-21-24(16)17)6-3-14-1-4-15(5-2-14)23-12-11-19-13-23/h1-13H,(H,22,25)/b6-3+. The molecule has 122 valence electrons. The van der Waals surface area contributed by atoms with E-state index in [-0.39, 0.29) is 5.91 Å². The van der Waals surface area contributed by atoms with E-state index in [0.717, 1.165) is 11.3 Å². The van der Waals surface area contributed by atoms with Crippen LogP contribution in [-0.2, 0) is 4.79 Å². The average molecular weight is 330 g/mol. The van der Waals surface area contributed by atoms with E-state index < -0.39 is 0 Å². The van der Waals surface area contributed by atoms with Gasteiger partial charge < -0.3 is 9.88 Å². The predicted octanol–water partition coefficient (Wildman–Crippen LogP) is 2.57. The molecule has 0 saturated carbocycles. The number of hydrogen-bond acceptors (Lipinski definition) is 4. The van der Waals surface area contributed by atoms with Crippen molar-refractivity contribution in [1.29, 1.82) is 0 Å². The Bertz CT molecular complexity index is 1030. The zero-order chi connectivity index (χ0) is 17.1. The second-order valence-electron chi connectivity index (χ2n) is 5.32.